The molecular weight excluding hydrogens is 725 g/mol. The molecule has 2 unspecified atom stereocenters. The molecule has 2 amide bonds. The smallest absolute Gasteiger partial charge is 0.273 e. The third-order valence-electron chi connectivity index (χ3n) is 11.3. The molecule has 0 spiro atoms. The number of aromatic nitrogens is 2. The highest BCUT2D eigenvalue weighted by atomic mass is 19.2. The number of anilines is 2. The predicted molar refractivity (Wildman–Crippen MR) is 213 cm³/mol. The lowest BCUT2D eigenvalue weighted by atomic mass is 9.94. The first-order valence-electron chi connectivity index (χ1n) is 20.7. The molecule has 2 atom stereocenters. The van der Waals surface area contributed by atoms with Gasteiger partial charge in [0.15, 0.2) is 23.3 Å². The number of nitrogens with zero attached hydrogens (tertiary/aromatic N) is 2. The van der Waals surface area contributed by atoms with Crippen LogP contribution >= 0.6 is 0 Å². The number of amides is 2. The third-order valence-corrected chi connectivity index (χ3v) is 11.3. The van der Waals surface area contributed by atoms with E-state index in [-0.39, 0.29) is 58.6 Å². The minimum absolute atomic E-state index is 0.0428. The molecular formula is C44H56F4N4O4. The van der Waals surface area contributed by atoms with Crippen LogP contribution in [0.4, 0.5) is 28.9 Å². The summed E-state index contributed by atoms with van der Waals surface area (Å²) in [5.41, 5.74) is -2.44. The number of nitrogens with one attached hydrogen (secondary N) is 2. The van der Waals surface area contributed by atoms with Crippen molar-refractivity contribution >= 4 is 34.3 Å². The van der Waals surface area contributed by atoms with Crippen LogP contribution in [0.1, 0.15) is 142 Å². The Morgan fingerprint density at radius 1 is 0.482 bits per heavy atom. The first-order chi connectivity index (χ1) is 26.9. The zero-order valence-electron chi connectivity index (χ0n) is 33.2. The van der Waals surface area contributed by atoms with Crippen LogP contribution in [0.5, 0.6) is 0 Å². The average Bonchev–Trinajstić information content (AvgIpc) is 3.57. The largest absolute Gasteiger partial charge is 0.315 e. The van der Waals surface area contributed by atoms with E-state index >= 15 is 0 Å². The van der Waals surface area contributed by atoms with Gasteiger partial charge < -0.3 is 19.8 Å². The van der Waals surface area contributed by atoms with Crippen LogP contribution in [-0.2, 0) is 9.59 Å². The van der Waals surface area contributed by atoms with E-state index in [1.807, 2.05) is 0 Å². The molecule has 5 rings (SSSR count). The van der Waals surface area contributed by atoms with Crippen LogP contribution in [0, 0.1) is 35.1 Å². The lowest BCUT2D eigenvalue weighted by molar-refractivity contribution is -0.114. The Kier molecular flexibility index (Phi) is 14.9. The van der Waals surface area contributed by atoms with Gasteiger partial charge in [0.1, 0.15) is 10.7 Å². The first kappa shape index (κ1) is 42.7. The molecule has 3 heterocycles. The second-order valence-corrected chi connectivity index (χ2v) is 15.5. The molecule has 0 bridgehead atoms. The number of carbonyl (C=O) groups is 2. The van der Waals surface area contributed by atoms with Crippen LogP contribution in [0.3, 0.4) is 0 Å². The topological polar surface area (TPSA) is 106 Å². The Morgan fingerprint density at radius 2 is 0.821 bits per heavy atom. The molecule has 2 N–H and O–H groups in total. The van der Waals surface area contributed by atoms with Crippen molar-refractivity contribution in [2.45, 2.75) is 130 Å². The number of halogens is 4. The lowest BCUT2D eigenvalue weighted by Crippen LogP contribution is -2.50. The summed E-state index contributed by atoms with van der Waals surface area (Å²) in [6, 6.07) is 3.58. The molecule has 56 heavy (non-hydrogen) atoms. The van der Waals surface area contributed by atoms with Gasteiger partial charge in [-0.2, -0.15) is 0 Å². The molecule has 12 heteroatoms. The highest BCUT2D eigenvalue weighted by Gasteiger charge is 2.38. The fourth-order valence-electron chi connectivity index (χ4n) is 8.18. The van der Waals surface area contributed by atoms with Crippen molar-refractivity contribution in [3.05, 3.63) is 90.1 Å². The van der Waals surface area contributed by atoms with Gasteiger partial charge >= 0.3 is 0 Å². The van der Waals surface area contributed by atoms with Crippen LogP contribution in [0.2, 0.25) is 0 Å². The SMILES string of the molecule is CCCCCCC(CCCC)CN1C(=O)/C(=c2\[nH]c(=O)/c(=C3/C(=O)N(CC(CCCC)CCCCCC)c4cc(F)c(F)cc43)[nH]c2=O)c2cc(F)c(F)cc21. The van der Waals surface area contributed by atoms with Crippen molar-refractivity contribution in [3.8, 4) is 0 Å². The molecule has 2 aliphatic heterocycles. The summed E-state index contributed by atoms with van der Waals surface area (Å²) in [6.45, 7) is 8.82. The number of hydrogen-bond donors (Lipinski definition) is 2. The van der Waals surface area contributed by atoms with Gasteiger partial charge in [-0.1, -0.05) is 105 Å². The number of unbranched alkanes of at least 4 members (excludes halogenated alkanes) is 8. The van der Waals surface area contributed by atoms with E-state index in [4.69, 9.17) is 0 Å². The Bertz CT molecular complexity index is 1990. The minimum atomic E-state index is -1.23. The molecule has 304 valence electrons. The molecule has 1 aromatic heterocycles. The number of hydrogen-bond acceptors (Lipinski definition) is 4. The zero-order chi connectivity index (χ0) is 40.5. The molecule has 8 nitrogen and oxygen atoms in total. The van der Waals surface area contributed by atoms with Gasteiger partial charge in [0.25, 0.3) is 22.9 Å². The molecule has 0 saturated heterocycles. The molecule has 0 radical (unpaired) electrons. The monoisotopic (exact) mass is 780 g/mol. The van der Waals surface area contributed by atoms with E-state index in [0.29, 0.717) is 0 Å². The highest BCUT2D eigenvalue weighted by Crippen LogP contribution is 2.39. The molecule has 0 aliphatic carbocycles. The van der Waals surface area contributed by atoms with Gasteiger partial charge in [0.05, 0.1) is 22.5 Å². The highest BCUT2D eigenvalue weighted by molar-refractivity contribution is 6.33. The number of carbonyl (C=O) groups excluding carboxylic acids is 2. The van der Waals surface area contributed by atoms with Gasteiger partial charge in [-0.3, -0.25) is 19.2 Å². The summed E-state index contributed by atoms with van der Waals surface area (Å²) in [4.78, 5) is 64.0. The van der Waals surface area contributed by atoms with E-state index in [0.717, 1.165) is 127 Å². The summed E-state index contributed by atoms with van der Waals surface area (Å²) in [6.07, 6.45) is 15.3. The summed E-state index contributed by atoms with van der Waals surface area (Å²) in [7, 11) is 0. The summed E-state index contributed by atoms with van der Waals surface area (Å²) in [5.74, 6) is -6.03. The van der Waals surface area contributed by atoms with Crippen molar-refractivity contribution < 1.29 is 27.2 Å². The molecule has 0 saturated carbocycles. The van der Waals surface area contributed by atoms with E-state index in [9.17, 15) is 36.7 Å². The maximum absolute atomic E-state index is 14.8. The van der Waals surface area contributed by atoms with Crippen LogP contribution < -0.4 is 31.6 Å². The van der Waals surface area contributed by atoms with Gasteiger partial charge in [-0.15, -0.1) is 0 Å². The second kappa shape index (κ2) is 19.6. The Hall–Kier alpha value is -4.48. The maximum Gasteiger partial charge on any atom is 0.273 e. The quantitative estimate of drug-likeness (QED) is 0.0890. The summed E-state index contributed by atoms with van der Waals surface area (Å²) in [5, 5.41) is -0.960. The number of H-pyrrole nitrogens is 2. The third kappa shape index (κ3) is 9.37. The number of fused-ring (bicyclic) bond motifs is 2. The van der Waals surface area contributed by atoms with Crippen molar-refractivity contribution in [1.82, 2.24) is 9.97 Å². The van der Waals surface area contributed by atoms with Crippen molar-refractivity contribution in [1.29, 1.82) is 0 Å². The minimum Gasteiger partial charge on any atom is -0.315 e. The normalized spacial score (nSPS) is 16.9. The molecule has 2 aromatic carbocycles. The molecule has 3 aromatic rings. The summed E-state index contributed by atoms with van der Waals surface area (Å²) >= 11 is 0. The van der Waals surface area contributed by atoms with Crippen LogP contribution in [0.15, 0.2) is 33.9 Å². The average molecular weight is 781 g/mol. The van der Waals surface area contributed by atoms with Crippen molar-refractivity contribution in [2.24, 2.45) is 11.8 Å². The Morgan fingerprint density at radius 3 is 1.18 bits per heavy atom. The first-order valence-corrected chi connectivity index (χ1v) is 20.7. The van der Waals surface area contributed by atoms with Gasteiger partial charge in [0, 0.05) is 36.3 Å². The van der Waals surface area contributed by atoms with Crippen LogP contribution in [-0.4, -0.2) is 34.9 Å². The van der Waals surface area contributed by atoms with E-state index < -0.39 is 56.9 Å². The van der Waals surface area contributed by atoms with Gasteiger partial charge in [0.2, 0.25) is 0 Å². The van der Waals surface area contributed by atoms with Crippen molar-refractivity contribution in [2.75, 3.05) is 22.9 Å². The summed E-state index contributed by atoms with van der Waals surface area (Å²) < 4.78 is 59.1. The predicted octanol–water partition coefficient (Wildman–Crippen LogP) is 8.26. The lowest BCUT2D eigenvalue weighted by Gasteiger charge is -2.24. The Labute approximate surface area is 326 Å². The van der Waals surface area contributed by atoms with Crippen molar-refractivity contribution in [3.63, 3.8) is 0 Å². The number of aromatic amines is 2. The fraction of sp³-hybridized carbons (Fsp3) is 0.545. The van der Waals surface area contributed by atoms with E-state index in [1.165, 1.54) is 9.80 Å². The molecule has 2 aliphatic rings. The van der Waals surface area contributed by atoms with E-state index in [2.05, 4.69) is 37.7 Å². The number of rotatable bonds is 20. The standard InChI is InChI=1S/C44H56F4N4O4/c1-5-9-13-15-19-27(17-11-7-3)25-51-35-23-33(47)31(45)21-29(35)37(43(51)55)39-41(53)50-40(42(54)49-39)38-30-22-32(46)34(48)24-36(30)52(44(38)56)26-28(18-12-8-4)20-16-14-10-6-2/h21-24,27-28H,5-20,25-26H2,1-4H3,(H,49,54)(H,50,53)/b39-37-,40-38-. The number of benzene rings is 2. The second-order valence-electron chi connectivity index (χ2n) is 15.5. The van der Waals surface area contributed by atoms with Gasteiger partial charge in [-0.05, 0) is 49.7 Å². The Balaban J connectivity index is 1.62. The van der Waals surface area contributed by atoms with Gasteiger partial charge in [-0.25, -0.2) is 17.6 Å². The maximum atomic E-state index is 14.8. The van der Waals surface area contributed by atoms with Crippen LogP contribution in [0.25, 0.3) is 11.1 Å². The zero-order valence-corrected chi connectivity index (χ0v) is 33.2. The fourth-order valence-corrected chi connectivity index (χ4v) is 8.18. The van der Waals surface area contributed by atoms with E-state index in [1.54, 1.807) is 0 Å². The molecule has 0 fully saturated rings.